The Labute approximate surface area is 91.4 Å². The summed E-state index contributed by atoms with van der Waals surface area (Å²) in [6.45, 7) is 6.49. The SMILES string of the molecule is COc1cc(C2C(N)C2(C)C)ccc1C. The van der Waals surface area contributed by atoms with E-state index < -0.39 is 0 Å². The van der Waals surface area contributed by atoms with Crippen molar-refractivity contribution >= 4 is 0 Å². The molecule has 0 bridgehead atoms. The molecule has 0 spiro atoms. The van der Waals surface area contributed by atoms with Crippen LogP contribution in [-0.2, 0) is 0 Å². The van der Waals surface area contributed by atoms with Gasteiger partial charge in [0, 0.05) is 12.0 Å². The van der Waals surface area contributed by atoms with Crippen LogP contribution in [0.5, 0.6) is 5.75 Å². The fourth-order valence-electron chi connectivity index (χ4n) is 2.34. The summed E-state index contributed by atoms with van der Waals surface area (Å²) in [6.07, 6.45) is 0. The lowest BCUT2D eigenvalue weighted by molar-refractivity contribution is 0.411. The second-order valence-electron chi connectivity index (χ2n) is 5.05. The predicted octanol–water partition coefficient (Wildman–Crippen LogP) is 2.45. The molecule has 15 heavy (non-hydrogen) atoms. The molecule has 1 aromatic carbocycles. The van der Waals surface area contributed by atoms with Crippen molar-refractivity contribution in [2.24, 2.45) is 11.1 Å². The van der Waals surface area contributed by atoms with Crippen molar-refractivity contribution in [1.29, 1.82) is 0 Å². The Morgan fingerprint density at radius 2 is 1.93 bits per heavy atom. The molecule has 1 aliphatic rings. The van der Waals surface area contributed by atoms with Gasteiger partial charge in [0.2, 0.25) is 0 Å². The summed E-state index contributed by atoms with van der Waals surface area (Å²) >= 11 is 0. The van der Waals surface area contributed by atoms with Crippen LogP contribution in [0.4, 0.5) is 0 Å². The first-order valence-corrected chi connectivity index (χ1v) is 5.38. The Bertz CT molecular complexity index is 384. The summed E-state index contributed by atoms with van der Waals surface area (Å²) in [6, 6.07) is 6.67. The molecule has 2 heteroatoms. The second kappa shape index (κ2) is 3.24. The minimum Gasteiger partial charge on any atom is -0.496 e. The number of hydrogen-bond acceptors (Lipinski definition) is 2. The minimum atomic E-state index is 0.236. The van der Waals surface area contributed by atoms with Gasteiger partial charge in [-0.25, -0.2) is 0 Å². The molecule has 1 saturated carbocycles. The standard InChI is InChI=1S/C13H19NO/c1-8-5-6-9(7-10(8)15-4)11-12(14)13(11,2)3/h5-7,11-12H,14H2,1-4H3. The fourth-order valence-corrected chi connectivity index (χ4v) is 2.34. The normalized spacial score (nSPS) is 27.5. The van der Waals surface area contributed by atoms with Gasteiger partial charge in [0.1, 0.15) is 5.75 Å². The maximum Gasteiger partial charge on any atom is 0.122 e. The third kappa shape index (κ3) is 1.53. The second-order valence-corrected chi connectivity index (χ2v) is 5.05. The first-order chi connectivity index (χ1) is 6.98. The monoisotopic (exact) mass is 205 g/mol. The van der Waals surface area contributed by atoms with Crippen molar-refractivity contribution in [3.05, 3.63) is 29.3 Å². The van der Waals surface area contributed by atoms with Gasteiger partial charge in [0.05, 0.1) is 7.11 Å². The Morgan fingerprint density at radius 1 is 1.33 bits per heavy atom. The maximum absolute atomic E-state index is 6.07. The van der Waals surface area contributed by atoms with Gasteiger partial charge in [-0.1, -0.05) is 26.0 Å². The summed E-state index contributed by atoms with van der Waals surface area (Å²) < 4.78 is 5.33. The number of aryl methyl sites for hydroxylation is 1. The summed E-state index contributed by atoms with van der Waals surface area (Å²) in [5.41, 5.74) is 8.78. The molecule has 0 saturated heterocycles. The van der Waals surface area contributed by atoms with Gasteiger partial charge in [0.25, 0.3) is 0 Å². The summed E-state index contributed by atoms with van der Waals surface area (Å²) in [5, 5.41) is 0. The molecule has 2 unspecified atom stereocenters. The highest BCUT2D eigenvalue weighted by Crippen LogP contribution is 2.57. The van der Waals surface area contributed by atoms with E-state index in [9.17, 15) is 0 Å². The van der Waals surface area contributed by atoms with E-state index in [4.69, 9.17) is 10.5 Å². The fraction of sp³-hybridized carbons (Fsp3) is 0.538. The van der Waals surface area contributed by atoms with Gasteiger partial charge in [-0.15, -0.1) is 0 Å². The van der Waals surface area contributed by atoms with Crippen LogP contribution in [0.3, 0.4) is 0 Å². The molecule has 2 rings (SSSR count). The van der Waals surface area contributed by atoms with E-state index in [-0.39, 0.29) is 11.5 Å². The largest absolute Gasteiger partial charge is 0.496 e. The number of ether oxygens (including phenoxy) is 1. The third-order valence-electron chi connectivity index (χ3n) is 3.70. The molecule has 2 nitrogen and oxygen atoms in total. The lowest BCUT2D eigenvalue weighted by Crippen LogP contribution is -2.06. The van der Waals surface area contributed by atoms with E-state index >= 15 is 0 Å². The molecular weight excluding hydrogens is 186 g/mol. The lowest BCUT2D eigenvalue weighted by Gasteiger charge is -2.08. The van der Waals surface area contributed by atoms with Crippen LogP contribution in [0.15, 0.2) is 18.2 Å². The van der Waals surface area contributed by atoms with Crippen molar-refractivity contribution in [3.8, 4) is 5.75 Å². The highest BCUT2D eigenvalue weighted by Gasteiger charge is 2.56. The van der Waals surface area contributed by atoms with Crippen molar-refractivity contribution in [1.82, 2.24) is 0 Å². The van der Waals surface area contributed by atoms with Crippen LogP contribution in [0.1, 0.15) is 30.9 Å². The molecule has 82 valence electrons. The van der Waals surface area contributed by atoms with E-state index in [0.717, 1.165) is 5.75 Å². The molecule has 1 aliphatic carbocycles. The molecular formula is C13H19NO. The molecule has 0 heterocycles. The summed E-state index contributed by atoms with van der Waals surface area (Å²) in [7, 11) is 1.71. The average molecular weight is 205 g/mol. The molecule has 0 amide bonds. The van der Waals surface area contributed by atoms with Crippen molar-refractivity contribution in [3.63, 3.8) is 0 Å². The molecule has 2 atom stereocenters. The van der Waals surface area contributed by atoms with Crippen LogP contribution >= 0.6 is 0 Å². The third-order valence-corrected chi connectivity index (χ3v) is 3.70. The number of nitrogens with two attached hydrogens (primary N) is 1. The van der Waals surface area contributed by atoms with E-state index in [2.05, 4.69) is 39.0 Å². The Hall–Kier alpha value is -1.02. The van der Waals surface area contributed by atoms with Gasteiger partial charge >= 0.3 is 0 Å². The minimum absolute atomic E-state index is 0.236. The van der Waals surface area contributed by atoms with Crippen molar-refractivity contribution in [2.45, 2.75) is 32.7 Å². The highest BCUT2D eigenvalue weighted by molar-refractivity contribution is 5.42. The average Bonchev–Trinajstić information content (AvgIpc) is 2.68. The van der Waals surface area contributed by atoms with Gasteiger partial charge in [-0.3, -0.25) is 0 Å². The van der Waals surface area contributed by atoms with Gasteiger partial charge in [-0.05, 0) is 29.5 Å². The molecule has 2 N–H and O–H groups in total. The first kappa shape index (κ1) is 10.5. The highest BCUT2D eigenvalue weighted by atomic mass is 16.5. The van der Waals surface area contributed by atoms with Crippen LogP contribution in [0.2, 0.25) is 0 Å². The zero-order chi connectivity index (χ0) is 11.2. The Kier molecular flexibility index (Phi) is 2.27. The summed E-state index contributed by atoms with van der Waals surface area (Å²) in [5.74, 6) is 1.44. The van der Waals surface area contributed by atoms with Crippen molar-refractivity contribution in [2.75, 3.05) is 7.11 Å². The quantitative estimate of drug-likeness (QED) is 0.805. The topological polar surface area (TPSA) is 35.2 Å². The number of methoxy groups -OCH3 is 1. The first-order valence-electron chi connectivity index (χ1n) is 5.38. The van der Waals surface area contributed by atoms with Crippen LogP contribution < -0.4 is 10.5 Å². The molecule has 0 aliphatic heterocycles. The molecule has 1 fully saturated rings. The van der Waals surface area contributed by atoms with Crippen LogP contribution in [-0.4, -0.2) is 13.2 Å². The van der Waals surface area contributed by atoms with Gasteiger partial charge in [-0.2, -0.15) is 0 Å². The van der Waals surface area contributed by atoms with E-state index in [1.165, 1.54) is 11.1 Å². The predicted molar refractivity (Wildman–Crippen MR) is 62.2 cm³/mol. The molecule has 0 aromatic heterocycles. The van der Waals surface area contributed by atoms with Gasteiger partial charge in [0.15, 0.2) is 0 Å². The Balaban J connectivity index is 2.32. The zero-order valence-corrected chi connectivity index (χ0v) is 9.87. The van der Waals surface area contributed by atoms with E-state index in [1.54, 1.807) is 7.11 Å². The lowest BCUT2D eigenvalue weighted by atomic mass is 10.0. The van der Waals surface area contributed by atoms with Crippen LogP contribution in [0.25, 0.3) is 0 Å². The van der Waals surface area contributed by atoms with E-state index in [1.807, 2.05) is 0 Å². The zero-order valence-electron chi connectivity index (χ0n) is 9.87. The maximum atomic E-state index is 6.07. The smallest absolute Gasteiger partial charge is 0.122 e. The number of hydrogen-bond donors (Lipinski definition) is 1. The van der Waals surface area contributed by atoms with Gasteiger partial charge < -0.3 is 10.5 Å². The number of rotatable bonds is 2. The van der Waals surface area contributed by atoms with Crippen LogP contribution in [0, 0.1) is 12.3 Å². The van der Waals surface area contributed by atoms with E-state index in [0.29, 0.717) is 5.92 Å². The molecule has 0 radical (unpaired) electrons. The Morgan fingerprint density at radius 3 is 2.40 bits per heavy atom. The number of benzene rings is 1. The summed E-state index contributed by atoms with van der Waals surface area (Å²) in [4.78, 5) is 0. The van der Waals surface area contributed by atoms with Crippen molar-refractivity contribution < 1.29 is 4.74 Å². The molecule has 1 aromatic rings.